The van der Waals surface area contributed by atoms with E-state index in [0.717, 1.165) is 28.9 Å². The summed E-state index contributed by atoms with van der Waals surface area (Å²) in [6, 6.07) is 14.1. The Balaban J connectivity index is 1.53. The minimum absolute atomic E-state index is 0.154. The Hall–Kier alpha value is -3.67. The second-order valence-electron chi connectivity index (χ2n) is 6.92. The highest BCUT2D eigenvalue weighted by Crippen LogP contribution is 2.37. The Morgan fingerprint density at radius 1 is 1.23 bits per heavy atom. The lowest BCUT2D eigenvalue weighted by Crippen LogP contribution is -2.13. The maximum Gasteiger partial charge on any atom is 0.340 e. The molecule has 1 unspecified atom stereocenters. The highest BCUT2D eigenvalue weighted by Gasteiger charge is 2.20. The number of methoxy groups -OCH3 is 1. The molecule has 1 aliphatic rings. The molecule has 30 heavy (non-hydrogen) atoms. The summed E-state index contributed by atoms with van der Waals surface area (Å²) < 4.78 is 24.2. The number of fused-ring (bicyclic) bond motifs is 1. The van der Waals surface area contributed by atoms with Crippen molar-refractivity contribution >= 4 is 11.7 Å². The van der Waals surface area contributed by atoms with Crippen LogP contribution in [0.2, 0.25) is 0 Å². The summed E-state index contributed by atoms with van der Waals surface area (Å²) in [6.45, 7) is 0.592. The second kappa shape index (κ2) is 8.78. The van der Waals surface area contributed by atoms with Crippen molar-refractivity contribution in [2.24, 2.45) is 0 Å². The zero-order chi connectivity index (χ0) is 20.9. The first-order valence-corrected chi connectivity index (χ1v) is 9.64. The quantitative estimate of drug-likeness (QED) is 0.595. The first-order chi connectivity index (χ1) is 14.7. The third kappa shape index (κ3) is 4.17. The SMILES string of the molecule is COC(=O)c1ccncc1N/C=C/C1CCOc2cc(-c3cccc(F)c3)ccc21. The number of pyridine rings is 1. The zero-order valence-electron chi connectivity index (χ0n) is 16.5. The molecule has 1 N–H and O–H groups in total. The van der Waals surface area contributed by atoms with Crippen LogP contribution in [0.15, 0.2) is 73.2 Å². The number of anilines is 1. The standard InChI is InChI=1S/C24H21FN2O3/c1-29-24(28)21-8-10-26-15-22(21)27-11-7-16-9-12-30-23-14-18(5-6-20(16)23)17-3-2-4-19(25)13-17/h2-8,10-11,13-16,27H,9,12H2,1H3/b11-7+. The topological polar surface area (TPSA) is 60.5 Å². The van der Waals surface area contributed by atoms with E-state index in [-0.39, 0.29) is 11.7 Å². The number of carbonyl (C=O) groups excluding carboxylic acids is 1. The van der Waals surface area contributed by atoms with Crippen molar-refractivity contribution in [1.29, 1.82) is 0 Å². The average Bonchev–Trinajstić information content (AvgIpc) is 2.78. The van der Waals surface area contributed by atoms with Gasteiger partial charge in [-0.15, -0.1) is 0 Å². The molecule has 2 heterocycles. The Labute approximate surface area is 174 Å². The van der Waals surface area contributed by atoms with E-state index in [4.69, 9.17) is 9.47 Å². The fourth-order valence-corrected chi connectivity index (χ4v) is 3.52. The number of benzene rings is 2. The van der Waals surface area contributed by atoms with Crippen molar-refractivity contribution < 1.29 is 18.7 Å². The van der Waals surface area contributed by atoms with Gasteiger partial charge in [-0.3, -0.25) is 4.98 Å². The first kappa shape index (κ1) is 19.6. The van der Waals surface area contributed by atoms with Crippen molar-refractivity contribution in [3.8, 4) is 16.9 Å². The summed E-state index contributed by atoms with van der Waals surface area (Å²) in [5.74, 6) is 0.268. The molecule has 0 aliphatic carbocycles. The van der Waals surface area contributed by atoms with E-state index in [1.807, 2.05) is 36.5 Å². The minimum Gasteiger partial charge on any atom is -0.493 e. The minimum atomic E-state index is -0.422. The lowest BCUT2D eigenvalue weighted by molar-refractivity contribution is 0.0601. The molecule has 0 radical (unpaired) electrons. The number of hydrogen-bond donors (Lipinski definition) is 1. The van der Waals surface area contributed by atoms with Gasteiger partial charge in [-0.2, -0.15) is 0 Å². The molecule has 0 saturated carbocycles. The summed E-state index contributed by atoms with van der Waals surface area (Å²) in [6.07, 6.45) is 7.81. The van der Waals surface area contributed by atoms with Gasteiger partial charge in [-0.1, -0.05) is 30.3 Å². The van der Waals surface area contributed by atoms with E-state index in [1.54, 1.807) is 24.5 Å². The Morgan fingerprint density at radius 3 is 2.93 bits per heavy atom. The lowest BCUT2D eigenvalue weighted by Gasteiger charge is -2.24. The summed E-state index contributed by atoms with van der Waals surface area (Å²) >= 11 is 0. The van der Waals surface area contributed by atoms with Gasteiger partial charge in [-0.05, 0) is 48.0 Å². The monoisotopic (exact) mass is 404 g/mol. The van der Waals surface area contributed by atoms with Crippen molar-refractivity contribution in [2.75, 3.05) is 19.0 Å². The molecule has 0 amide bonds. The van der Waals surface area contributed by atoms with Gasteiger partial charge in [0.25, 0.3) is 0 Å². The number of ether oxygens (including phenoxy) is 2. The molecule has 3 aromatic rings. The maximum atomic E-state index is 13.6. The van der Waals surface area contributed by atoms with E-state index in [1.165, 1.54) is 19.2 Å². The van der Waals surface area contributed by atoms with Gasteiger partial charge in [0.15, 0.2) is 0 Å². The molecule has 1 aliphatic heterocycles. The number of carbonyl (C=O) groups is 1. The number of nitrogens with one attached hydrogen (secondary N) is 1. The number of halogens is 1. The highest BCUT2D eigenvalue weighted by molar-refractivity contribution is 5.95. The number of hydrogen-bond acceptors (Lipinski definition) is 5. The normalized spacial score (nSPS) is 15.3. The fraction of sp³-hybridized carbons (Fsp3) is 0.167. The number of esters is 1. The lowest BCUT2D eigenvalue weighted by atomic mass is 9.91. The van der Waals surface area contributed by atoms with E-state index in [2.05, 4.69) is 10.3 Å². The van der Waals surface area contributed by atoms with Crippen LogP contribution in [0, 0.1) is 5.82 Å². The van der Waals surface area contributed by atoms with E-state index >= 15 is 0 Å². The second-order valence-corrected chi connectivity index (χ2v) is 6.92. The molecule has 0 bridgehead atoms. The van der Waals surface area contributed by atoms with Crippen LogP contribution in [0.4, 0.5) is 10.1 Å². The van der Waals surface area contributed by atoms with Crippen LogP contribution in [0.5, 0.6) is 5.75 Å². The number of rotatable bonds is 5. The number of aromatic nitrogens is 1. The molecule has 0 saturated heterocycles. The molecule has 5 nitrogen and oxygen atoms in total. The molecule has 2 aromatic carbocycles. The van der Waals surface area contributed by atoms with E-state index < -0.39 is 5.97 Å². The Kier molecular flexibility index (Phi) is 5.75. The van der Waals surface area contributed by atoms with Crippen LogP contribution in [-0.4, -0.2) is 24.7 Å². The fourth-order valence-electron chi connectivity index (χ4n) is 3.52. The number of nitrogens with zero attached hydrogens (tertiary/aromatic N) is 1. The predicted octanol–water partition coefficient (Wildman–Crippen LogP) is 5.17. The average molecular weight is 404 g/mol. The van der Waals surface area contributed by atoms with Crippen molar-refractivity contribution in [3.05, 3.63) is 90.1 Å². The molecule has 0 spiro atoms. The van der Waals surface area contributed by atoms with Gasteiger partial charge in [0.1, 0.15) is 11.6 Å². The van der Waals surface area contributed by atoms with Gasteiger partial charge in [0.2, 0.25) is 0 Å². The van der Waals surface area contributed by atoms with Crippen LogP contribution in [0.25, 0.3) is 11.1 Å². The van der Waals surface area contributed by atoms with Crippen LogP contribution in [-0.2, 0) is 4.74 Å². The summed E-state index contributed by atoms with van der Waals surface area (Å²) in [5, 5.41) is 3.12. The maximum absolute atomic E-state index is 13.6. The van der Waals surface area contributed by atoms with Crippen molar-refractivity contribution in [3.63, 3.8) is 0 Å². The van der Waals surface area contributed by atoms with Crippen molar-refractivity contribution in [1.82, 2.24) is 4.98 Å². The molecule has 1 aromatic heterocycles. The molecular weight excluding hydrogens is 383 g/mol. The molecule has 4 rings (SSSR count). The summed E-state index contributed by atoms with van der Waals surface area (Å²) in [4.78, 5) is 15.9. The van der Waals surface area contributed by atoms with Crippen LogP contribution >= 0.6 is 0 Å². The summed E-state index contributed by atoms with van der Waals surface area (Å²) in [7, 11) is 1.35. The molecule has 0 fully saturated rings. The zero-order valence-corrected chi connectivity index (χ0v) is 16.5. The van der Waals surface area contributed by atoms with Gasteiger partial charge in [-0.25, -0.2) is 9.18 Å². The predicted molar refractivity (Wildman–Crippen MR) is 113 cm³/mol. The van der Waals surface area contributed by atoms with Crippen molar-refractivity contribution in [2.45, 2.75) is 12.3 Å². The van der Waals surface area contributed by atoms with Crippen LogP contribution < -0.4 is 10.1 Å². The molecule has 6 heteroatoms. The smallest absolute Gasteiger partial charge is 0.340 e. The molecule has 1 atom stereocenters. The largest absolute Gasteiger partial charge is 0.493 e. The molecular formula is C24H21FN2O3. The Bertz CT molecular complexity index is 1100. The number of allylic oxidation sites excluding steroid dienone is 1. The molecule has 152 valence electrons. The first-order valence-electron chi connectivity index (χ1n) is 9.64. The van der Waals surface area contributed by atoms with Gasteiger partial charge in [0.05, 0.1) is 31.2 Å². The van der Waals surface area contributed by atoms with Crippen LogP contribution in [0.3, 0.4) is 0 Å². The Morgan fingerprint density at radius 2 is 2.10 bits per heavy atom. The van der Waals surface area contributed by atoms with Gasteiger partial charge < -0.3 is 14.8 Å². The van der Waals surface area contributed by atoms with Gasteiger partial charge in [0, 0.05) is 17.7 Å². The summed E-state index contributed by atoms with van der Waals surface area (Å²) in [5.41, 5.74) is 3.79. The van der Waals surface area contributed by atoms with E-state index in [9.17, 15) is 9.18 Å². The van der Waals surface area contributed by atoms with E-state index in [0.29, 0.717) is 17.9 Å². The van der Waals surface area contributed by atoms with Crippen LogP contribution in [0.1, 0.15) is 28.3 Å². The highest BCUT2D eigenvalue weighted by atomic mass is 19.1. The third-order valence-electron chi connectivity index (χ3n) is 5.05. The third-order valence-corrected chi connectivity index (χ3v) is 5.05. The van der Waals surface area contributed by atoms with Gasteiger partial charge >= 0.3 is 5.97 Å².